The first-order valence-electron chi connectivity index (χ1n) is 5.35. The summed E-state index contributed by atoms with van der Waals surface area (Å²) in [4.78, 5) is 4.25. The van der Waals surface area contributed by atoms with Gasteiger partial charge in [-0.1, -0.05) is 6.07 Å². The normalized spacial score (nSPS) is 10.9. The summed E-state index contributed by atoms with van der Waals surface area (Å²) in [7, 11) is 0. The van der Waals surface area contributed by atoms with Crippen molar-refractivity contribution in [2.45, 2.75) is 0 Å². The molecule has 2 aromatic carbocycles. The second kappa shape index (κ2) is 3.73. The van der Waals surface area contributed by atoms with Crippen LogP contribution >= 0.6 is 0 Å². The zero-order valence-corrected chi connectivity index (χ0v) is 9.35. The van der Waals surface area contributed by atoms with E-state index in [-0.39, 0.29) is 5.82 Å². The largest absolute Gasteiger partial charge is 0.436 e. The fourth-order valence-corrected chi connectivity index (χ4v) is 1.84. The third-order valence-electron chi connectivity index (χ3n) is 2.69. The number of fused-ring (bicyclic) bond motifs is 1. The highest BCUT2D eigenvalue weighted by Crippen LogP contribution is 2.33. The van der Waals surface area contributed by atoms with E-state index in [1.54, 1.807) is 24.3 Å². The molecule has 0 bridgehead atoms. The van der Waals surface area contributed by atoms with Gasteiger partial charge in [-0.2, -0.15) is 0 Å². The molecule has 90 valence electrons. The Morgan fingerprint density at radius 3 is 2.50 bits per heavy atom. The Labute approximate surface area is 102 Å². The lowest BCUT2D eigenvalue weighted by atomic mass is 10.1. The summed E-state index contributed by atoms with van der Waals surface area (Å²) in [5, 5.41) is 0. The molecule has 0 saturated carbocycles. The second-order valence-electron chi connectivity index (χ2n) is 3.94. The summed E-state index contributed by atoms with van der Waals surface area (Å²) < 4.78 is 18.6. The highest BCUT2D eigenvalue weighted by atomic mass is 19.1. The van der Waals surface area contributed by atoms with Crippen molar-refractivity contribution in [2.24, 2.45) is 0 Å². The third kappa shape index (κ3) is 1.57. The van der Waals surface area contributed by atoms with E-state index in [0.29, 0.717) is 33.9 Å². The summed E-state index contributed by atoms with van der Waals surface area (Å²) in [5.41, 5.74) is 14.1. The molecule has 0 saturated heterocycles. The van der Waals surface area contributed by atoms with E-state index in [2.05, 4.69) is 4.98 Å². The Morgan fingerprint density at radius 2 is 1.78 bits per heavy atom. The van der Waals surface area contributed by atoms with Crippen LogP contribution in [0.1, 0.15) is 0 Å². The molecule has 0 unspecified atom stereocenters. The number of aromatic nitrogens is 1. The van der Waals surface area contributed by atoms with Crippen molar-refractivity contribution < 1.29 is 8.81 Å². The minimum absolute atomic E-state index is 0.297. The molecule has 4 N–H and O–H groups in total. The predicted octanol–water partition coefficient (Wildman–Crippen LogP) is 2.80. The van der Waals surface area contributed by atoms with Crippen molar-refractivity contribution in [3.05, 3.63) is 42.2 Å². The summed E-state index contributed by atoms with van der Waals surface area (Å²) >= 11 is 0. The molecule has 0 radical (unpaired) electrons. The van der Waals surface area contributed by atoms with E-state index in [1.807, 2.05) is 0 Å². The van der Waals surface area contributed by atoms with Gasteiger partial charge in [0.05, 0.1) is 5.56 Å². The molecule has 0 aliphatic heterocycles. The molecule has 5 heteroatoms. The molecule has 0 spiro atoms. The van der Waals surface area contributed by atoms with Crippen molar-refractivity contribution in [1.82, 2.24) is 4.98 Å². The van der Waals surface area contributed by atoms with Crippen LogP contribution < -0.4 is 11.5 Å². The summed E-state index contributed by atoms with van der Waals surface area (Å²) in [6.07, 6.45) is 0. The lowest BCUT2D eigenvalue weighted by Crippen LogP contribution is -1.95. The number of hydrogen-bond donors (Lipinski definition) is 2. The van der Waals surface area contributed by atoms with Gasteiger partial charge in [0.2, 0.25) is 5.89 Å². The number of anilines is 2. The molecule has 4 nitrogen and oxygen atoms in total. The van der Waals surface area contributed by atoms with Gasteiger partial charge in [0.15, 0.2) is 5.58 Å². The van der Waals surface area contributed by atoms with E-state index in [0.717, 1.165) is 0 Å². The maximum Gasteiger partial charge on any atom is 0.231 e. The van der Waals surface area contributed by atoms with Crippen molar-refractivity contribution in [2.75, 3.05) is 11.5 Å². The first kappa shape index (κ1) is 10.6. The van der Waals surface area contributed by atoms with E-state index in [4.69, 9.17) is 15.9 Å². The SMILES string of the molecule is Nc1cccc(N)c1-c1nc2ccc(F)cc2o1. The van der Waals surface area contributed by atoms with Crippen LogP contribution in [0.2, 0.25) is 0 Å². The molecule has 18 heavy (non-hydrogen) atoms. The highest BCUT2D eigenvalue weighted by Gasteiger charge is 2.14. The van der Waals surface area contributed by atoms with Crippen LogP contribution in [-0.2, 0) is 0 Å². The maximum absolute atomic E-state index is 13.1. The standard InChI is InChI=1S/C13H10FN3O/c14-7-4-5-10-11(6-7)18-13(17-10)12-8(15)2-1-3-9(12)16/h1-6H,15-16H2. The average molecular weight is 243 g/mol. The topological polar surface area (TPSA) is 78.1 Å². The Bertz CT molecular complexity index is 716. The Hall–Kier alpha value is -2.56. The van der Waals surface area contributed by atoms with Gasteiger partial charge in [-0.3, -0.25) is 0 Å². The molecule has 1 heterocycles. The fourth-order valence-electron chi connectivity index (χ4n) is 1.84. The van der Waals surface area contributed by atoms with Crippen LogP contribution in [0.4, 0.5) is 15.8 Å². The van der Waals surface area contributed by atoms with Crippen molar-refractivity contribution in [3.8, 4) is 11.5 Å². The van der Waals surface area contributed by atoms with Crippen LogP contribution in [0.5, 0.6) is 0 Å². The Morgan fingerprint density at radius 1 is 1.06 bits per heavy atom. The molecule has 0 atom stereocenters. The van der Waals surface area contributed by atoms with Crippen LogP contribution in [0.25, 0.3) is 22.6 Å². The van der Waals surface area contributed by atoms with E-state index < -0.39 is 0 Å². The van der Waals surface area contributed by atoms with Gasteiger partial charge in [-0.15, -0.1) is 0 Å². The van der Waals surface area contributed by atoms with E-state index in [1.165, 1.54) is 12.1 Å². The van der Waals surface area contributed by atoms with Gasteiger partial charge in [0.1, 0.15) is 11.3 Å². The van der Waals surface area contributed by atoms with Gasteiger partial charge in [0.25, 0.3) is 0 Å². The Kier molecular flexibility index (Phi) is 2.19. The average Bonchev–Trinajstić information content (AvgIpc) is 2.71. The molecule has 3 aromatic rings. The van der Waals surface area contributed by atoms with Gasteiger partial charge in [0, 0.05) is 17.4 Å². The molecular formula is C13H10FN3O. The van der Waals surface area contributed by atoms with E-state index >= 15 is 0 Å². The fraction of sp³-hybridized carbons (Fsp3) is 0. The van der Waals surface area contributed by atoms with Gasteiger partial charge in [-0.25, -0.2) is 9.37 Å². The number of oxazole rings is 1. The number of nitrogen functional groups attached to an aromatic ring is 2. The number of nitrogens with zero attached hydrogens (tertiary/aromatic N) is 1. The molecular weight excluding hydrogens is 233 g/mol. The number of hydrogen-bond acceptors (Lipinski definition) is 4. The van der Waals surface area contributed by atoms with Gasteiger partial charge >= 0.3 is 0 Å². The quantitative estimate of drug-likeness (QED) is 0.644. The van der Waals surface area contributed by atoms with Crippen LogP contribution in [0, 0.1) is 5.82 Å². The molecule has 0 amide bonds. The van der Waals surface area contributed by atoms with Crippen molar-refractivity contribution >= 4 is 22.5 Å². The molecule has 3 rings (SSSR count). The zero-order valence-electron chi connectivity index (χ0n) is 9.35. The molecule has 0 aliphatic carbocycles. The summed E-state index contributed by atoms with van der Waals surface area (Å²) in [5.74, 6) is -0.0783. The number of nitrogens with two attached hydrogens (primary N) is 2. The zero-order chi connectivity index (χ0) is 12.7. The number of rotatable bonds is 1. The first-order chi connectivity index (χ1) is 8.65. The Balaban J connectivity index is 2.26. The highest BCUT2D eigenvalue weighted by molar-refractivity contribution is 5.85. The lowest BCUT2D eigenvalue weighted by Gasteiger charge is -2.03. The monoisotopic (exact) mass is 243 g/mol. The predicted molar refractivity (Wildman–Crippen MR) is 68.2 cm³/mol. The van der Waals surface area contributed by atoms with Crippen LogP contribution in [0.15, 0.2) is 40.8 Å². The minimum Gasteiger partial charge on any atom is -0.436 e. The lowest BCUT2D eigenvalue weighted by molar-refractivity contribution is 0.603. The number of benzene rings is 2. The van der Waals surface area contributed by atoms with Crippen molar-refractivity contribution in [3.63, 3.8) is 0 Å². The number of halogens is 1. The smallest absolute Gasteiger partial charge is 0.231 e. The summed E-state index contributed by atoms with van der Waals surface area (Å²) in [6, 6.07) is 9.32. The van der Waals surface area contributed by atoms with E-state index in [9.17, 15) is 4.39 Å². The first-order valence-corrected chi connectivity index (χ1v) is 5.35. The molecule has 0 fully saturated rings. The van der Waals surface area contributed by atoms with Crippen LogP contribution in [0.3, 0.4) is 0 Å². The van der Waals surface area contributed by atoms with Gasteiger partial charge < -0.3 is 15.9 Å². The molecule has 1 aromatic heterocycles. The van der Waals surface area contributed by atoms with Crippen molar-refractivity contribution in [1.29, 1.82) is 0 Å². The van der Waals surface area contributed by atoms with Gasteiger partial charge in [-0.05, 0) is 24.3 Å². The third-order valence-corrected chi connectivity index (χ3v) is 2.69. The summed E-state index contributed by atoms with van der Waals surface area (Å²) in [6.45, 7) is 0. The second-order valence-corrected chi connectivity index (χ2v) is 3.94. The minimum atomic E-state index is -0.376. The molecule has 0 aliphatic rings. The van der Waals surface area contributed by atoms with Crippen LogP contribution in [-0.4, -0.2) is 4.98 Å². The maximum atomic E-state index is 13.1.